The molecule has 0 saturated carbocycles. The Bertz CT molecular complexity index is 542. The number of carbonyl (C=O) groups excluding carboxylic acids is 1. The highest BCUT2D eigenvalue weighted by Gasteiger charge is 2.27. The highest BCUT2D eigenvalue weighted by atomic mass is 16.5. The van der Waals surface area contributed by atoms with Gasteiger partial charge in [0.05, 0.1) is 25.9 Å². The van der Waals surface area contributed by atoms with E-state index in [9.17, 15) is 4.79 Å². The Balaban J connectivity index is 1.37. The first kappa shape index (κ1) is 17.4. The van der Waals surface area contributed by atoms with Crippen LogP contribution in [0.4, 0.5) is 0 Å². The third-order valence-corrected chi connectivity index (χ3v) is 4.90. The highest BCUT2D eigenvalue weighted by molar-refractivity contribution is 5.78. The lowest BCUT2D eigenvalue weighted by atomic mass is 10.1. The molecule has 0 radical (unpaired) electrons. The molecule has 0 unspecified atom stereocenters. The van der Waals surface area contributed by atoms with Gasteiger partial charge in [-0.1, -0.05) is 0 Å². The Hall–Kier alpha value is -1.44. The quantitative estimate of drug-likeness (QED) is 0.788. The number of ether oxygens (including phenoxy) is 1. The van der Waals surface area contributed by atoms with Gasteiger partial charge in [0.1, 0.15) is 5.76 Å². The van der Waals surface area contributed by atoms with Gasteiger partial charge in [-0.05, 0) is 26.8 Å². The summed E-state index contributed by atoms with van der Waals surface area (Å²) < 4.78 is 10.9. The maximum absolute atomic E-state index is 12.1. The van der Waals surface area contributed by atoms with Crippen molar-refractivity contribution >= 4 is 5.91 Å². The van der Waals surface area contributed by atoms with Crippen LogP contribution in [0.1, 0.15) is 24.5 Å². The minimum Gasteiger partial charge on any atom is -0.445 e. The molecule has 0 aliphatic carbocycles. The number of hydrogen-bond donors (Lipinski definition) is 1. The van der Waals surface area contributed by atoms with Gasteiger partial charge in [0.25, 0.3) is 0 Å². The van der Waals surface area contributed by atoms with Gasteiger partial charge in [-0.25, -0.2) is 4.98 Å². The van der Waals surface area contributed by atoms with E-state index < -0.39 is 0 Å². The van der Waals surface area contributed by atoms with Crippen LogP contribution in [0.25, 0.3) is 0 Å². The summed E-state index contributed by atoms with van der Waals surface area (Å²) in [6.07, 6.45) is 3.88. The largest absolute Gasteiger partial charge is 0.445 e. The summed E-state index contributed by atoms with van der Waals surface area (Å²) in [6.45, 7) is 7.30. The molecule has 3 heterocycles. The van der Waals surface area contributed by atoms with Crippen molar-refractivity contribution in [3.05, 3.63) is 17.8 Å². The van der Waals surface area contributed by atoms with Crippen molar-refractivity contribution in [2.75, 3.05) is 46.4 Å². The molecule has 0 aromatic carbocycles. The predicted octanol–water partition coefficient (Wildman–Crippen LogP) is 0.642. The lowest BCUT2D eigenvalue weighted by Crippen LogP contribution is -2.40. The molecule has 0 bridgehead atoms. The molecular formula is C17H28N4O3. The average molecular weight is 336 g/mol. The summed E-state index contributed by atoms with van der Waals surface area (Å²) in [5.41, 5.74) is 0. The van der Waals surface area contributed by atoms with Crippen LogP contribution < -0.4 is 5.32 Å². The molecule has 1 N–H and O–H groups in total. The summed E-state index contributed by atoms with van der Waals surface area (Å²) in [7, 11) is 2.09. The lowest BCUT2D eigenvalue weighted by Gasteiger charge is -2.23. The number of amides is 1. The molecule has 0 spiro atoms. The van der Waals surface area contributed by atoms with E-state index in [4.69, 9.17) is 9.15 Å². The number of likely N-dealkylation sites (tertiary alicyclic amines) is 1. The van der Waals surface area contributed by atoms with Gasteiger partial charge in [-0.2, -0.15) is 0 Å². The molecule has 2 fully saturated rings. The van der Waals surface area contributed by atoms with Crippen molar-refractivity contribution in [2.24, 2.45) is 5.92 Å². The minimum atomic E-state index is 0.119. The number of nitrogens with one attached hydrogen (secondary N) is 1. The molecule has 1 amide bonds. The maximum Gasteiger partial charge on any atom is 0.234 e. The molecule has 7 nitrogen and oxygen atoms in total. The van der Waals surface area contributed by atoms with E-state index in [1.54, 1.807) is 6.20 Å². The topological polar surface area (TPSA) is 70.8 Å². The van der Waals surface area contributed by atoms with Gasteiger partial charge in [0, 0.05) is 38.2 Å². The standard InChI is InChI=1S/C17H28N4O3/c1-13-7-19-17(24-13)11-20(2)15-3-5-21(9-15)10-16(22)18-8-14-4-6-23-12-14/h7,14-15H,3-6,8-12H2,1-2H3,(H,18,22)/t14-,15+/m1/s1. The minimum absolute atomic E-state index is 0.119. The van der Waals surface area contributed by atoms with Crippen LogP contribution in [0.2, 0.25) is 0 Å². The van der Waals surface area contributed by atoms with Crippen LogP contribution in [0.3, 0.4) is 0 Å². The van der Waals surface area contributed by atoms with Crippen LogP contribution in [-0.4, -0.2) is 73.2 Å². The fraction of sp³-hybridized carbons (Fsp3) is 0.765. The SMILES string of the molecule is Cc1cnc(CN(C)[C@H]2CCN(CC(=O)NC[C@H]3CCOC3)C2)o1. The Morgan fingerprint density at radius 3 is 3.08 bits per heavy atom. The second-order valence-corrected chi connectivity index (χ2v) is 6.99. The monoisotopic (exact) mass is 336 g/mol. The van der Waals surface area contributed by atoms with Gasteiger partial charge in [0.2, 0.25) is 11.8 Å². The Morgan fingerprint density at radius 2 is 2.38 bits per heavy atom. The molecule has 134 valence electrons. The van der Waals surface area contributed by atoms with Crippen molar-refractivity contribution in [3.63, 3.8) is 0 Å². The average Bonchev–Trinajstić information content (AvgIpc) is 3.27. The van der Waals surface area contributed by atoms with Crippen molar-refractivity contribution < 1.29 is 13.9 Å². The zero-order valence-electron chi connectivity index (χ0n) is 14.7. The Morgan fingerprint density at radius 1 is 1.50 bits per heavy atom. The molecule has 1 aromatic rings. The third kappa shape index (κ3) is 4.78. The number of carbonyl (C=O) groups is 1. The van der Waals surface area contributed by atoms with E-state index in [1.165, 1.54) is 0 Å². The van der Waals surface area contributed by atoms with Crippen molar-refractivity contribution in [2.45, 2.75) is 32.4 Å². The molecule has 2 aliphatic rings. The van der Waals surface area contributed by atoms with Gasteiger partial charge < -0.3 is 14.5 Å². The van der Waals surface area contributed by atoms with Crippen LogP contribution in [-0.2, 0) is 16.1 Å². The zero-order chi connectivity index (χ0) is 16.9. The van der Waals surface area contributed by atoms with Crippen molar-refractivity contribution in [1.82, 2.24) is 20.1 Å². The van der Waals surface area contributed by atoms with Crippen molar-refractivity contribution in [1.29, 1.82) is 0 Å². The molecule has 3 rings (SSSR count). The summed E-state index contributed by atoms with van der Waals surface area (Å²) in [4.78, 5) is 20.8. The fourth-order valence-electron chi connectivity index (χ4n) is 3.39. The third-order valence-electron chi connectivity index (χ3n) is 4.90. The van der Waals surface area contributed by atoms with Gasteiger partial charge in [-0.15, -0.1) is 0 Å². The number of aryl methyl sites for hydroxylation is 1. The summed E-state index contributed by atoms with van der Waals surface area (Å²) in [5, 5.41) is 3.04. The van der Waals surface area contributed by atoms with E-state index in [0.717, 1.165) is 57.3 Å². The van der Waals surface area contributed by atoms with Gasteiger partial charge >= 0.3 is 0 Å². The molecular weight excluding hydrogens is 308 g/mol. The van der Waals surface area contributed by atoms with Crippen LogP contribution in [0, 0.1) is 12.8 Å². The molecule has 1 aromatic heterocycles. The first-order valence-electron chi connectivity index (χ1n) is 8.78. The molecule has 2 saturated heterocycles. The smallest absolute Gasteiger partial charge is 0.234 e. The number of likely N-dealkylation sites (N-methyl/N-ethyl adjacent to an activating group) is 1. The Kier molecular flexibility index (Phi) is 5.86. The zero-order valence-corrected chi connectivity index (χ0v) is 14.7. The summed E-state index contributed by atoms with van der Waals surface area (Å²) >= 11 is 0. The maximum atomic E-state index is 12.1. The number of hydrogen-bond acceptors (Lipinski definition) is 6. The Labute approximate surface area is 143 Å². The first-order valence-corrected chi connectivity index (χ1v) is 8.78. The molecule has 2 aliphatic heterocycles. The van der Waals surface area contributed by atoms with E-state index in [1.807, 2.05) is 6.92 Å². The van der Waals surface area contributed by atoms with E-state index in [-0.39, 0.29) is 5.91 Å². The summed E-state index contributed by atoms with van der Waals surface area (Å²) in [6, 6.07) is 0.438. The van der Waals surface area contributed by atoms with Crippen LogP contribution in [0.5, 0.6) is 0 Å². The first-order chi connectivity index (χ1) is 11.6. The van der Waals surface area contributed by atoms with Gasteiger partial charge in [-0.3, -0.25) is 14.6 Å². The lowest BCUT2D eigenvalue weighted by molar-refractivity contribution is -0.122. The predicted molar refractivity (Wildman–Crippen MR) is 89.5 cm³/mol. The van der Waals surface area contributed by atoms with Gasteiger partial charge in [0.15, 0.2) is 0 Å². The second-order valence-electron chi connectivity index (χ2n) is 6.99. The molecule has 2 atom stereocenters. The number of oxazole rings is 1. The van der Waals surface area contributed by atoms with Crippen molar-refractivity contribution in [3.8, 4) is 0 Å². The number of nitrogens with zero attached hydrogens (tertiary/aromatic N) is 3. The van der Waals surface area contributed by atoms with E-state index >= 15 is 0 Å². The second kappa shape index (κ2) is 8.09. The molecule has 24 heavy (non-hydrogen) atoms. The fourth-order valence-corrected chi connectivity index (χ4v) is 3.39. The number of aromatic nitrogens is 1. The number of rotatable bonds is 7. The normalized spacial score (nSPS) is 24.8. The molecule has 7 heteroatoms. The summed E-state index contributed by atoms with van der Waals surface area (Å²) in [5.74, 6) is 2.20. The van der Waals surface area contributed by atoms with Crippen LogP contribution in [0.15, 0.2) is 10.6 Å². The highest BCUT2D eigenvalue weighted by Crippen LogP contribution is 2.16. The van der Waals surface area contributed by atoms with E-state index in [2.05, 4.69) is 27.1 Å². The van der Waals surface area contributed by atoms with E-state index in [0.29, 0.717) is 25.0 Å². The van der Waals surface area contributed by atoms with Crippen LogP contribution >= 0.6 is 0 Å².